The predicted molar refractivity (Wildman–Crippen MR) is 103 cm³/mol. The summed E-state index contributed by atoms with van der Waals surface area (Å²) in [6, 6.07) is 14.4. The summed E-state index contributed by atoms with van der Waals surface area (Å²) in [6.07, 6.45) is 2.37. The molecule has 1 atom stereocenters. The first kappa shape index (κ1) is 18.4. The van der Waals surface area contributed by atoms with Gasteiger partial charge in [0.25, 0.3) is 5.91 Å². The molecule has 2 aromatic rings. The third kappa shape index (κ3) is 4.41. The number of nitrogens with zero attached hydrogens (tertiary/aromatic N) is 2. The minimum atomic E-state index is -0.395. The maximum absolute atomic E-state index is 13.3. The largest absolute Gasteiger partial charge is 0.378 e. The van der Waals surface area contributed by atoms with Gasteiger partial charge in [-0.1, -0.05) is 18.2 Å². The molecular weight excluding hydrogens is 329 g/mol. The Morgan fingerprint density at radius 1 is 1.15 bits per heavy atom. The molecular formula is C21H26FN3O. The molecule has 0 saturated carbocycles. The van der Waals surface area contributed by atoms with Crippen LogP contribution in [0.15, 0.2) is 48.5 Å². The highest BCUT2D eigenvalue weighted by Crippen LogP contribution is 2.26. The summed E-state index contributed by atoms with van der Waals surface area (Å²) in [5.41, 5.74) is 2.70. The van der Waals surface area contributed by atoms with E-state index in [0.717, 1.165) is 18.8 Å². The van der Waals surface area contributed by atoms with E-state index < -0.39 is 5.82 Å². The molecule has 1 N–H and O–H groups in total. The van der Waals surface area contributed by atoms with E-state index in [4.69, 9.17) is 0 Å². The highest BCUT2D eigenvalue weighted by Gasteiger charge is 2.24. The van der Waals surface area contributed by atoms with Crippen LogP contribution in [0.5, 0.6) is 0 Å². The number of anilines is 1. The van der Waals surface area contributed by atoms with Crippen molar-refractivity contribution in [2.24, 2.45) is 0 Å². The molecule has 138 valence electrons. The van der Waals surface area contributed by atoms with Gasteiger partial charge in [0.2, 0.25) is 0 Å². The normalized spacial score (nSPS) is 15.7. The Morgan fingerprint density at radius 2 is 1.85 bits per heavy atom. The van der Waals surface area contributed by atoms with E-state index >= 15 is 0 Å². The number of carbonyl (C=O) groups is 1. The summed E-state index contributed by atoms with van der Waals surface area (Å²) >= 11 is 0. The predicted octanol–water partition coefficient (Wildman–Crippen LogP) is 3.46. The zero-order valence-electron chi connectivity index (χ0n) is 15.4. The lowest BCUT2D eigenvalue weighted by Gasteiger charge is -2.28. The second kappa shape index (κ2) is 8.32. The van der Waals surface area contributed by atoms with Crippen LogP contribution in [0.25, 0.3) is 0 Å². The molecule has 4 nitrogen and oxygen atoms in total. The van der Waals surface area contributed by atoms with Crippen LogP contribution in [-0.2, 0) is 0 Å². The van der Waals surface area contributed by atoms with Crippen molar-refractivity contribution in [3.8, 4) is 0 Å². The Labute approximate surface area is 154 Å². The van der Waals surface area contributed by atoms with Crippen LogP contribution in [0.2, 0.25) is 0 Å². The molecule has 3 rings (SSSR count). The summed E-state index contributed by atoms with van der Waals surface area (Å²) in [5, 5.41) is 2.98. The van der Waals surface area contributed by atoms with Gasteiger partial charge in [-0.3, -0.25) is 9.69 Å². The van der Waals surface area contributed by atoms with E-state index in [1.165, 1.54) is 30.5 Å². The quantitative estimate of drug-likeness (QED) is 0.862. The van der Waals surface area contributed by atoms with Crippen LogP contribution in [0.4, 0.5) is 10.1 Å². The van der Waals surface area contributed by atoms with E-state index in [1.54, 1.807) is 12.1 Å². The number of rotatable bonds is 6. The summed E-state index contributed by atoms with van der Waals surface area (Å²) in [4.78, 5) is 16.9. The number of benzene rings is 2. The summed E-state index contributed by atoms with van der Waals surface area (Å²) < 4.78 is 13.3. The number of halogens is 1. The molecule has 0 aliphatic carbocycles. The number of amides is 1. The van der Waals surface area contributed by atoms with Crippen molar-refractivity contribution in [1.29, 1.82) is 0 Å². The zero-order chi connectivity index (χ0) is 18.5. The average molecular weight is 355 g/mol. The van der Waals surface area contributed by atoms with Crippen LogP contribution in [0, 0.1) is 5.82 Å². The summed E-state index contributed by atoms with van der Waals surface area (Å²) in [7, 11) is 4.04. The van der Waals surface area contributed by atoms with Gasteiger partial charge in [-0.2, -0.15) is 0 Å². The van der Waals surface area contributed by atoms with Crippen molar-refractivity contribution in [2.75, 3.05) is 38.6 Å². The molecule has 1 heterocycles. The molecule has 1 saturated heterocycles. The van der Waals surface area contributed by atoms with Crippen LogP contribution in [0.1, 0.15) is 34.8 Å². The molecule has 5 heteroatoms. The van der Waals surface area contributed by atoms with Gasteiger partial charge < -0.3 is 10.2 Å². The van der Waals surface area contributed by atoms with E-state index in [2.05, 4.69) is 39.4 Å². The molecule has 2 aromatic carbocycles. The zero-order valence-corrected chi connectivity index (χ0v) is 15.4. The molecule has 0 bridgehead atoms. The fourth-order valence-corrected chi connectivity index (χ4v) is 3.43. The monoisotopic (exact) mass is 355 g/mol. The number of hydrogen-bond donors (Lipinski definition) is 1. The Morgan fingerprint density at radius 3 is 2.46 bits per heavy atom. The topological polar surface area (TPSA) is 35.6 Å². The van der Waals surface area contributed by atoms with Crippen molar-refractivity contribution in [2.45, 2.75) is 18.9 Å². The number of carbonyl (C=O) groups excluding carboxylic acids is 1. The lowest BCUT2D eigenvalue weighted by Crippen LogP contribution is -2.36. The number of nitrogens with one attached hydrogen (secondary N) is 1. The first-order chi connectivity index (χ1) is 12.5. The Bertz CT molecular complexity index is 739. The lowest BCUT2D eigenvalue weighted by molar-refractivity contribution is 0.0937. The van der Waals surface area contributed by atoms with Crippen LogP contribution in [-0.4, -0.2) is 44.5 Å². The Hall–Kier alpha value is -2.40. The van der Waals surface area contributed by atoms with Crippen molar-refractivity contribution >= 4 is 11.6 Å². The first-order valence-electron chi connectivity index (χ1n) is 9.10. The van der Waals surface area contributed by atoms with E-state index in [9.17, 15) is 9.18 Å². The first-order valence-corrected chi connectivity index (χ1v) is 9.10. The average Bonchev–Trinajstić information content (AvgIpc) is 3.16. The number of hydrogen-bond acceptors (Lipinski definition) is 3. The van der Waals surface area contributed by atoms with Crippen molar-refractivity contribution in [1.82, 2.24) is 10.2 Å². The molecule has 1 fully saturated rings. The van der Waals surface area contributed by atoms with Gasteiger partial charge in [-0.25, -0.2) is 4.39 Å². The van der Waals surface area contributed by atoms with Crippen LogP contribution in [0.3, 0.4) is 0 Å². The maximum atomic E-state index is 13.3. The third-order valence-electron chi connectivity index (χ3n) is 4.92. The van der Waals surface area contributed by atoms with Gasteiger partial charge >= 0.3 is 0 Å². The third-order valence-corrected chi connectivity index (χ3v) is 4.92. The van der Waals surface area contributed by atoms with Gasteiger partial charge in [0.05, 0.1) is 6.04 Å². The minimum Gasteiger partial charge on any atom is -0.378 e. The summed E-state index contributed by atoms with van der Waals surface area (Å²) in [5.74, 6) is -0.633. The smallest absolute Gasteiger partial charge is 0.251 e. The second-order valence-electron chi connectivity index (χ2n) is 6.97. The number of likely N-dealkylation sites (tertiary alicyclic amines) is 1. The van der Waals surface area contributed by atoms with Gasteiger partial charge in [-0.05, 0) is 61.8 Å². The van der Waals surface area contributed by atoms with E-state index in [-0.39, 0.29) is 11.9 Å². The van der Waals surface area contributed by atoms with Crippen LogP contribution < -0.4 is 10.2 Å². The molecule has 0 unspecified atom stereocenters. The highest BCUT2D eigenvalue weighted by atomic mass is 19.1. The van der Waals surface area contributed by atoms with Gasteiger partial charge in [-0.15, -0.1) is 0 Å². The molecule has 0 spiro atoms. The standard InChI is InChI=1S/C21H26FN3O/c1-24(2)19-10-8-16(9-11-19)20(25-12-3-4-13-25)15-23-21(26)17-6-5-7-18(22)14-17/h5-11,14,20H,3-4,12-13,15H2,1-2H3,(H,23,26)/t20-/m0/s1. The fraction of sp³-hybridized carbons (Fsp3) is 0.381. The molecule has 1 amide bonds. The van der Waals surface area contributed by atoms with E-state index in [0.29, 0.717) is 12.1 Å². The Balaban J connectivity index is 1.73. The molecule has 1 aliphatic heterocycles. The lowest BCUT2D eigenvalue weighted by atomic mass is 10.0. The fourth-order valence-electron chi connectivity index (χ4n) is 3.43. The van der Waals surface area contributed by atoms with E-state index in [1.807, 2.05) is 14.1 Å². The van der Waals surface area contributed by atoms with Crippen molar-refractivity contribution < 1.29 is 9.18 Å². The SMILES string of the molecule is CN(C)c1ccc([C@H](CNC(=O)c2cccc(F)c2)N2CCCC2)cc1. The van der Waals surface area contributed by atoms with Gasteiger partial charge in [0.15, 0.2) is 0 Å². The second-order valence-corrected chi connectivity index (χ2v) is 6.97. The highest BCUT2D eigenvalue weighted by molar-refractivity contribution is 5.94. The van der Waals surface area contributed by atoms with Crippen molar-refractivity contribution in [3.05, 3.63) is 65.5 Å². The van der Waals surface area contributed by atoms with Crippen LogP contribution >= 0.6 is 0 Å². The molecule has 0 radical (unpaired) electrons. The maximum Gasteiger partial charge on any atom is 0.251 e. The van der Waals surface area contributed by atoms with Gasteiger partial charge in [0, 0.05) is 31.9 Å². The molecule has 0 aromatic heterocycles. The Kier molecular flexibility index (Phi) is 5.89. The molecule has 1 aliphatic rings. The molecule has 26 heavy (non-hydrogen) atoms. The minimum absolute atomic E-state index is 0.131. The van der Waals surface area contributed by atoms with Gasteiger partial charge in [0.1, 0.15) is 5.82 Å². The van der Waals surface area contributed by atoms with Crippen molar-refractivity contribution in [3.63, 3.8) is 0 Å². The summed E-state index contributed by atoms with van der Waals surface area (Å²) in [6.45, 7) is 2.59.